The van der Waals surface area contributed by atoms with Crippen LogP contribution in [0, 0.1) is 0 Å². The molecule has 0 spiro atoms. The number of thiazole rings is 1. The molecule has 0 amide bonds. The molecular formula is C15H27N3S. The predicted molar refractivity (Wildman–Crippen MR) is 82.9 cm³/mol. The number of likely N-dealkylation sites (N-methyl/N-ethyl adjacent to an activating group) is 1. The Morgan fingerprint density at radius 2 is 2.37 bits per heavy atom. The van der Waals surface area contributed by atoms with Gasteiger partial charge in [-0.15, -0.1) is 11.3 Å². The molecule has 0 radical (unpaired) electrons. The average molecular weight is 281 g/mol. The van der Waals surface area contributed by atoms with Crippen LogP contribution in [-0.2, 0) is 0 Å². The Bertz CT molecular complexity index is 352. The quantitative estimate of drug-likeness (QED) is 0.799. The number of aromatic nitrogens is 1. The average Bonchev–Trinajstić information content (AvgIpc) is 2.91. The van der Waals surface area contributed by atoms with Crippen LogP contribution < -0.4 is 0 Å². The van der Waals surface area contributed by atoms with Crippen LogP contribution in [0.25, 0.3) is 0 Å². The van der Waals surface area contributed by atoms with E-state index in [1.807, 2.05) is 6.20 Å². The molecule has 2 atom stereocenters. The van der Waals surface area contributed by atoms with Gasteiger partial charge in [0.05, 0.1) is 5.01 Å². The van der Waals surface area contributed by atoms with E-state index in [4.69, 9.17) is 0 Å². The number of hydrogen-bond donors (Lipinski definition) is 0. The summed E-state index contributed by atoms with van der Waals surface area (Å²) in [6.07, 6.45) is 7.38. The fourth-order valence-corrected chi connectivity index (χ4v) is 3.68. The molecule has 2 heterocycles. The normalized spacial score (nSPS) is 22.8. The molecule has 1 aromatic heterocycles. The lowest BCUT2D eigenvalue weighted by Crippen LogP contribution is -2.38. The van der Waals surface area contributed by atoms with E-state index in [0.717, 1.165) is 12.6 Å². The molecule has 0 saturated carbocycles. The molecule has 1 aliphatic rings. The lowest BCUT2D eigenvalue weighted by atomic mass is 10.00. The van der Waals surface area contributed by atoms with Gasteiger partial charge in [-0.25, -0.2) is 4.98 Å². The molecule has 1 aromatic rings. The first-order valence-corrected chi connectivity index (χ1v) is 8.33. The van der Waals surface area contributed by atoms with Crippen LogP contribution in [0.15, 0.2) is 11.6 Å². The molecule has 3 nitrogen and oxygen atoms in total. The fraction of sp³-hybridized carbons (Fsp3) is 0.800. The Kier molecular flexibility index (Phi) is 5.79. The van der Waals surface area contributed by atoms with E-state index in [1.54, 1.807) is 11.3 Å². The highest BCUT2D eigenvalue weighted by molar-refractivity contribution is 7.09. The van der Waals surface area contributed by atoms with Gasteiger partial charge in [0.1, 0.15) is 0 Å². The van der Waals surface area contributed by atoms with Crippen LogP contribution in [0.5, 0.6) is 0 Å². The van der Waals surface area contributed by atoms with Crippen molar-refractivity contribution < 1.29 is 0 Å². The molecule has 1 aliphatic heterocycles. The molecule has 0 bridgehead atoms. The van der Waals surface area contributed by atoms with E-state index in [1.165, 1.54) is 43.8 Å². The molecule has 2 rings (SSSR count). The van der Waals surface area contributed by atoms with Crippen molar-refractivity contribution in [3.05, 3.63) is 16.6 Å². The molecule has 0 N–H and O–H groups in total. The zero-order valence-corrected chi connectivity index (χ0v) is 13.3. The van der Waals surface area contributed by atoms with Crippen LogP contribution in [0.1, 0.15) is 43.5 Å². The SMILES string of the molecule is CC(CN(C)CCC1CCCCN1C)c1nccs1. The first-order chi connectivity index (χ1) is 9.16. The van der Waals surface area contributed by atoms with Crippen molar-refractivity contribution in [3.63, 3.8) is 0 Å². The highest BCUT2D eigenvalue weighted by Crippen LogP contribution is 2.20. The van der Waals surface area contributed by atoms with E-state index in [-0.39, 0.29) is 0 Å². The van der Waals surface area contributed by atoms with Crippen molar-refractivity contribution in [3.8, 4) is 0 Å². The highest BCUT2D eigenvalue weighted by Gasteiger charge is 2.19. The molecule has 0 aromatic carbocycles. The summed E-state index contributed by atoms with van der Waals surface area (Å²) >= 11 is 1.77. The molecule has 108 valence electrons. The third kappa shape index (κ3) is 4.55. The Morgan fingerprint density at radius 3 is 3.05 bits per heavy atom. The molecular weight excluding hydrogens is 254 g/mol. The Hall–Kier alpha value is -0.450. The van der Waals surface area contributed by atoms with Crippen LogP contribution in [-0.4, -0.2) is 54.6 Å². The van der Waals surface area contributed by atoms with Gasteiger partial charge in [-0.05, 0) is 46.4 Å². The van der Waals surface area contributed by atoms with Gasteiger partial charge in [-0.2, -0.15) is 0 Å². The molecule has 2 unspecified atom stereocenters. The van der Waals surface area contributed by atoms with Crippen LogP contribution in [0.4, 0.5) is 0 Å². The van der Waals surface area contributed by atoms with Crippen LogP contribution in [0.3, 0.4) is 0 Å². The first-order valence-electron chi connectivity index (χ1n) is 7.45. The van der Waals surface area contributed by atoms with Crippen molar-refractivity contribution in [1.29, 1.82) is 0 Å². The van der Waals surface area contributed by atoms with E-state index in [9.17, 15) is 0 Å². The minimum atomic E-state index is 0.550. The Balaban J connectivity index is 1.70. The van der Waals surface area contributed by atoms with E-state index < -0.39 is 0 Å². The van der Waals surface area contributed by atoms with Crippen molar-refractivity contribution >= 4 is 11.3 Å². The second kappa shape index (κ2) is 7.36. The summed E-state index contributed by atoms with van der Waals surface area (Å²) in [5, 5.41) is 3.34. The molecule has 19 heavy (non-hydrogen) atoms. The topological polar surface area (TPSA) is 19.4 Å². The van der Waals surface area contributed by atoms with Gasteiger partial charge in [0.2, 0.25) is 0 Å². The highest BCUT2D eigenvalue weighted by atomic mass is 32.1. The van der Waals surface area contributed by atoms with Gasteiger partial charge in [0, 0.05) is 30.1 Å². The first kappa shape index (κ1) is 14.9. The lowest BCUT2D eigenvalue weighted by Gasteiger charge is -2.33. The summed E-state index contributed by atoms with van der Waals surface area (Å²) in [6.45, 7) is 5.88. The zero-order chi connectivity index (χ0) is 13.7. The Labute approximate surface area is 121 Å². The van der Waals surface area contributed by atoms with Crippen molar-refractivity contribution in [2.75, 3.05) is 33.7 Å². The summed E-state index contributed by atoms with van der Waals surface area (Å²) < 4.78 is 0. The fourth-order valence-electron chi connectivity index (χ4n) is 2.99. The summed E-state index contributed by atoms with van der Waals surface area (Å²) in [6, 6.07) is 0.798. The molecule has 0 aliphatic carbocycles. The maximum Gasteiger partial charge on any atom is 0.0965 e. The monoisotopic (exact) mass is 281 g/mol. The molecule has 1 fully saturated rings. The van der Waals surface area contributed by atoms with Crippen molar-refractivity contribution in [1.82, 2.24) is 14.8 Å². The third-order valence-electron chi connectivity index (χ3n) is 4.22. The van der Waals surface area contributed by atoms with Crippen LogP contribution in [0.2, 0.25) is 0 Å². The van der Waals surface area contributed by atoms with E-state index in [0.29, 0.717) is 5.92 Å². The number of piperidine rings is 1. The minimum absolute atomic E-state index is 0.550. The number of hydrogen-bond acceptors (Lipinski definition) is 4. The van der Waals surface area contributed by atoms with E-state index >= 15 is 0 Å². The summed E-state index contributed by atoms with van der Waals surface area (Å²) in [5.74, 6) is 0.550. The summed E-state index contributed by atoms with van der Waals surface area (Å²) in [5.41, 5.74) is 0. The maximum atomic E-state index is 4.41. The minimum Gasteiger partial charge on any atom is -0.306 e. The maximum absolute atomic E-state index is 4.41. The smallest absolute Gasteiger partial charge is 0.0965 e. The van der Waals surface area contributed by atoms with E-state index in [2.05, 4.69) is 41.2 Å². The second-order valence-corrected chi connectivity index (χ2v) is 6.88. The lowest BCUT2D eigenvalue weighted by molar-refractivity contribution is 0.159. The van der Waals surface area contributed by atoms with Gasteiger partial charge < -0.3 is 9.80 Å². The van der Waals surface area contributed by atoms with Gasteiger partial charge >= 0.3 is 0 Å². The zero-order valence-electron chi connectivity index (χ0n) is 12.5. The van der Waals surface area contributed by atoms with Crippen molar-refractivity contribution in [2.45, 2.75) is 44.6 Å². The number of rotatable bonds is 6. The molecule has 1 saturated heterocycles. The standard InChI is InChI=1S/C15H27N3S/c1-13(15-16-8-11-19-15)12-17(2)10-7-14-6-4-5-9-18(14)3/h8,11,13-14H,4-7,9-10,12H2,1-3H3. The van der Waals surface area contributed by atoms with Gasteiger partial charge in [0.25, 0.3) is 0 Å². The van der Waals surface area contributed by atoms with Gasteiger partial charge in [-0.3, -0.25) is 0 Å². The summed E-state index contributed by atoms with van der Waals surface area (Å²) in [4.78, 5) is 9.42. The van der Waals surface area contributed by atoms with Gasteiger partial charge in [-0.1, -0.05) is 13.3 Å². The van der Waals surface area contributed by atoms with Crippen molar-refractivity contribution in [2.24, 2.45) is 0 Å². The Morgan fingerprint density at radius 1 is 1.53 bits per heavy atom. The van der Waals surface area contributed by atoms with Crippen LogP contribution >= 0.6 is 11.3 Å². The predicted octanol–water partition coefficient (Wildman–Crippen LogP) is 3.05. The largest absolute Gasteiger partial charge is 0.306 e. The molecule has 4 heteroatoms. The number of likely N-dealkylation sites (tertiary alicyclic amines) is 1. The summed E-state index contributed by atoms with van der Waals surface area (Å²) in [7, 11) is 4.52. The third-order valence-corrected chi connectivity index (χ3v) is 5.23. The second-order valence-electron chi connectivity index (χ2n) is 5.95. The number of nitrogens with zero attached hydrogens (tertiary/aromatic N) is 3. The van der Waals surface area contributed by atoms with Gasteiger partial charge in [0.15, 0.2) is 0 Å².